The number of fused-ring (bicyclic) bond motifs is 1. The van der Waals surface area contributed by atoms with Gasteiger partial charge in [0.15, 0.2) is 41.5 Å². The lowest BCUT2D eigenvalue weighted by Gasteiger charge is -2.46. The second-order valence-electron chi connectivity index (χ2n) is 15.2. The van der Waals surface area contributed by atoms with E-state index in [0.29, 0.717) is 0 Å². The number of carbonyl (C=O) groups excluding carboxylic acids is 2. The molecule has 0 spiro atoms. The van der Waals surface area contributed by atoms with Gasteiger partial charge in [-0.1, -0.05) is 6.07 Å². The molecule has 0 aliphatic carbocycles. The van der Waals surface area contributed by atoms with Crippen molar-refractivity contribution in [2.24, 2.45) is 0 Å². The van der Waals surface area contributed by atoms with Crippen LogP contribution in [0.3, 0.4) is 0 Å². The van der Waals surface area contributed by atoms with Gasteiger partial charge in [-0.15, -0.1) is 0 Å². The van der Waals surface area contributed by atoms with Gasteiger partial charge < -0.3 is 95.1 Å². The molecule has 24 heteroatoms. The Morgan fingerprint density at radius 3 is 2.17 bits per heavy atom. The summed E-state index contributed by atoms with van der Waals surface area (Å²) in [6.07, 6.45) is -16.0. The number of benzene rings is 2. The quantitative estimate of drug-likeness (QED) is 0.0452. The van der Waals surface area contributed by atoms with E-state index in [-0.39, 0.29) is 46.7 Å². The molecule has 4 aliphatic rings. The molecular formula is C40H44N2O22. The molecule has 2 aromatic carbocycles. The van der Waals surface area contributed by atoms with Gasteiger partial charge in [0.25, 0.3) is 0 Å². The van der Waals surface area contributed by atoms with E-state index < -0.39 is 145 Å². The van der Waals surface area contributed by atoms with E-state index in [1.54, 1.807) is 0 Å². The SMILES string of the molecule is O=C(O)CC1OC(OC2C(Oc3cc4c(cc3O)[NH+](CC=C3C=C(C(=O)O)NC(C(=O)O)C3)C(C(=O)[O-])C4)OC(CO)C(O)C2O)C(OC(=O)C=Cc2ccc(O)c(O)c2)C(O)C1O. The summed E-state index contributed by atoms with van der Waals surface area (Å²) in [6.45, 7) is -1.06. The van der Waals surface area contributed by atoms with Gasteiger partial charge in [0, 0.05) is 30.5 Å². The molecule has 0 aromatic heterocycles. The molecule has 0 saturated carbocycles. The van der Waals surface area contributed by atoms with E-state index in [4.69, 9.17) is 23.7 Å². The van der Waals surface area contributed by atoms with Crippen molar-refractivity contribution >= 4 is 41.6 Å². The molecule has 0 radical (unpaired) electrons. The molecule has 6 rings (SSSR count). The standard InChI is InChI=1S/C40H44N2O22/c43-14-27-31(51)33(53)35(64-40-34(32(52)30(50)26(61-40)13-28(47)48)63-29(49)4-2-15-1-3-22(44)23(45)9-15)39(62-27)60-25-11-17-10-21(38(58)59)42(20(17)12-24(25)46)6-5-16-7-18(36(54)55)41-19(8-16)37(56)57/h1-5,7,9,11-12,19,21,26-27,30-35,39-41,43-46,50-53H,6,8,10,13-14H2,(H,47,48)(H,54,55)(H,56,57)(H,58,59). The number of quaternary nitrogens is 1. The Bertz CT molecular complexity index is 2230. The Labute approximate surface area is 360 Å². The molecule has 4 heterocycles. The van der Waals surface area contributed by atoms with E-state index in [1.165, 1.54) is 24.3 Å². The first-order chi connectivity index (χ1) is 30.3. The van der Waals surface area contributed by atoms with E-state index >= 15 is 0 Å². The summed E-state index contributed by atoms with van der Waals surface area (Å²) in [5.41, 5.74) is 0.567. The third-order valence-corrected chi connectivity index (χ3v) is 10.9. The second kappa shape index (κ2) is 19.6. The molecule has 2 fully saturated rings. The number of phenolic OH excluding ortho intramolecular Hbond substituents is 3. The molecule has 0 bridgehead atoms. The molecule has 2 saturated heterocycles. The molecule has 0 amide bonds. The number of rotatable bonds is 15. The van der Waals surface area contributed by atoms with Crippen molar-refractivity contribution in [1.29, 1.82) is 0 Å². The maximum atomic E-state index is 13.0. The number of aliphatic hydroxyl groups excluding tert-OH is 5. The number of aliphatic carboxylic acids is 4. The Morgan fingerprint density at radius 2 is 1.53 bits per heavy atom. The summed E-state index contributed by atoms with van der Waals surface area (Å²) in [4.78, 5) is 60.5. The van der Waals surface area contributed by atoms with Crippen molar-refractivity contribution in [2.45, 2.75) is 92.8 Å². The largest absolute Gasteiger partial charge is 0.544 e. The number of carbonyl (C=O) groups is 5. The Balaban J connectivity index is 1.28. The van der Waals surface area contributed by atoms with Crippen LogP contribution in [-0.4, -0.2) is 173 Å². The average Bonchev–Trinajstić information content (AvgIpc) is 3.60. The van der Waals surface area contributed by atoms with E-state index in [0.717, 1.165) is 30.4 Å². The molecule has 346 valence electrons. The number of phenols is 3. The molecule has 13 N–H and O–H groups in total. The number of aliphatic hydroxyl groups is 5. The van der Waals surface area contributed by atoms with Crippen LogP contribution in [-0.2, 0) is 49.3 Å². The summed E-state index contributed by atoms with van der Waals surface area (Å²) in [7, 11) is 0. The van der Waals surface area contributed by atoms with Gasteiger partial charge in [-0.3, -0.25) is 9.69 Å². The zero-order valence-corrected chi connectivity index (χ0v) is 33.1. The van der Waals surface area contributed by atoms with Crippen molar-refractivity contribution in [3.05, 3.63) is 71.0 Å². The van der Waals surface area contributed by atoms with Crippen LogP contribution in [0.15, 0.2) is 59.8 Å². The lowest BCUT2D eigenvalue weighted by Crippen LogP contribution is -3.11. The zero-order valence-electron chi connectivity index (χ0n) is 33.1. The molecule has 13 atom stereocenters. The van der Waals surface area contributed by atoms with Gasteiger partial charge in [-0.25, -0.2) is 14.4 Å². The minimum atomic E-state index is -2.11. The number of hydrogen-bond acceptors (Lipinski definition) is 20. The predicted molar refractivity (Wildman–Crippen MR) is 204 cm³/mol. The summed E-state index contributed by atoms with van der Waals surface area (Å²) in [5.74, 6) is -9.01. The van der Waals surface area contributed by atoms with Gasteiger partial charge in [0.1, 0.15) is 66.5 Å². The number of hydrogen-bond donors (Lipinski definition) is 13. The van der Waals surface area contributed by atoms with Gasteiger partial charge in [0.05, 0.1) is 19.1 Å². The number of esters is 1. The first kappa shape index (κ1) is 47.1. The van der Waals surface area contributed by atoms with Crippen LogP contribution in [0.2, 0.25) is 0 Å². The van der Waals surface area contributed by atoms with Crippen molar-refractivity contribution in [3.8, 4) is 23.0 Å². The Kier molecular flexibility index (Phi) is 14.4. The average molecular weight is 905 g/mol. The lowest BCUT2D eigenvalue weighted by molar-refractivity contribution is -0.840. The Morgan fingerprint density at radius 1 is 0.844 bits per heavy atom. The van der Waals surface area contributed by atoms with Crippen molar-refractivity contribution < 1.29 is 114 Å². The van der Waals surface area contributed by atoms with Crippen LogP contribution in [0.1, 0.15) is 24.0 Å². The van der Waals surface area contributed by atoms with Crippen LogP contribution in [0.4, 0.5) is 5.69 Å². The predicted octanol–water partition coefficient (Wildman–Crippen LogP) is -4.91. The number of carboxylic acids is 4. The van der Waals surface area contributed by atoms with Crippen molar-refractivity contribution in [3.63, 3.8) is 0 Å². The summed E-state index contributed by atoms with van der Waals surface area (Å²) in [5, 5.41) is 128. The maximum Gasteiger partial charge on any atom is 0.351 e. The van der Waals surface area contributed by atoms with E-state index in [2.05, 4.69) is 5.32 Å². The first-order valence-corrected chi connectivity index (χ1v) is 19.4. The highest BCUT2D eigenvalue weighted by Gasteiger charge is 2.53. The van der Waals surface area contributed by atoms with Gasteiger partial charge in [0.2, 0.25) is 6.29 Å². The molecule has 64 heavy (non-hydrogen) atoms. The third-order valence-electron chi connectivity index (χ3n) is 10.9. The van der Waals surface area contributed by atoms with Crippen LogP contribution in [0.25, 0.3) is 6.08 Å². The number of carboxylic acid groups (broad SMARTS) is 4. The number of allylic oxidation sites excluding steroid dienone is 1. The number of ether oxygens (including phenoxy) is 5. The van der Waals surface area contributed by atoms with Gasteiger partial charge >= 0.3 is 23.9 Å². The normalized spacial score (nSPS) is 32.0. The first-order valence-electron chi connectivity index (χ1n) is 19.4. The molecule has 24 nitrogen and oxygen atoms in total. The Hall–Kier alpha value is -6.35. The molecule has 4 aliphatic heterocycles. The smallest absolute Gasteiger partial charge is 0.351 e. The van der Waals surface area contributed by atoms with Gasteiger partial charge in [-0.2, -0.15) is 0 Å². The van der Waals surface area contributed by atoms with Crippen LogP contribution in [0.5, 0.6) is 23.0 Å². The van der Waals surface area contributed by atoms with Crippen LogP contribution in [0, 0.1) is 0 Å². The zero-order chi connectivity index (χ0) is 46.7. The van der Waals surface area contributed by atoms with Gasteiger partial charge in [-0.05, 0) is 47.6 Å². The lowest BCUT2D eigenvalue weighted by atomic mass is 9.95. The molecule has 2 aromatic rings. The van der Waals surface area contributed by atoms with E-state index in [9.17, 15) is 85.3 Å². The maximum absolute atomic E-state index is 13.0. The highest BCUT2D eigenvalue weighted by molar-refractivity contribution is 5.89. The minimum absolute atomic E-state index is 0.140. The fourth-order valence-corrected chi connectivity index (χ4v) is 7.64. The number of aromatic hydroxyl groups is 3. The minimum Gasteiger partial charge on any atom is -0.544 e. The van der Waals surface area contributed by atoms with Crippen LogP contribution < -0.4 is 20.1 Å². The number of nitrogens with one attached hydrogen (secondary N) is 2. The van der Waals surface area contributed by atoms with Crippen molar-refractivity contribution in [2.75, 3.05) is 13.2 Å². The van der Waals surface area contributed by atoms with E-state index in [1.807, 2.05) is 0 Å². The third kappa shape index (κ3) is 10.4. The monoisotopic (exact) mass is 904 g/mol. The van der Waals surface area contributed by atoms with Crippen molar-refractivity contribution in [1.82, 2.24) is 5.32 Å². The molecular weight excluding hydrogens is 860 g/mol. The topological polar surface area (TPSA) is 394 Å². The molecule has 13 unspecified atom stereocenters. The summed E-state index contributed by atoms with van der Waals surface area (Å²) < 4.78 is 28.5. The summed E-state index contributed by atoms with van der Waals surface area (Å²) in [6, 6.07) is 3.33. The highest BCUT2D eigenvalue weighted by atomic mass is 16.8. The second-order valence-corrected chi connectivity index (χ2v) is 15.2. The highest BCUT2D eigenvalue weighted by Crippen LogP contribution is 2.38. The fourth-order valence-electron chi connectivity index (χ4n) is 7.64. The summed E-state index contributed by atoms with van der Waals surface area (Å²) >= 11 is 0. The van der Waals surface area contributed by atoms with Crippen LogP contribution >= 0.6 is 0 Å². The fraction of sp³-hybridized carbons (Fsp3) is 0.425.